The third-order valence-electron chi connectivity index (χ3n) is 5.71. The summed E-state index contributed by atoms with van der Waals surface area (Å²) in [5, 5.41) is 5.43. The molecule has 1 aromatic rings. The molecule has 27 heavy (non-hydrogen) atoms. The normalized spacial score (nSPS) is 22.9. The lowest BCUT2D eigenvalue weighted by Gasteiger charge is -2.35. The first-order valence-electron chi connectivity index (χ1n) is 10.0. The number of piperidine rings is 1. The molecule has 0 bridgehead atoms. The Morgan fingerprint density at radius 1 is 1.19 bits per heavy atom. The van der Waals surface area contributed by atoms with Gasteiger partial charge in [-0.05, 0) is 43.8 Å². The zero-order valence-electron chi connectivity index (χ0n) is 16.0. The van der Waals surface area contributed by atoms with Crippen molar-refractivity contribution in [3.63, 3.8) is 0 Å². The molecule has 2 aliphatic heterocycles. The summed E-state index contributed by atoms with van der Waals surface area (Å²) in [4.78, 5) is 18.8. The van der Waals surface area contributed by atoms with Gasteiger partial charge in [0.25, 0.3) is 0 Å². The van der Waals surface area contributed by atoms with E-state index >= 15 is 0 Å². The topological polar surface area (TPSA) is 53.8 Å². The minimum Gasteiger partial charge on any atom is -0.379 e. The average molecular weight is 412 g/mol. The predicted octanol–water partition coefficient (Wildman–Crippen LogP) is 2.19. The molecule has 3 fully saturated rings. The Hall–Kier alpha value is -0.870. The summed E-state index contributed by atoms with van der Waals surface area (Å²) < 4.78 is 8.10. The summed E-state index contributed by atoms with van der Waals surface area (Å²) >= 11 is 6.98. The summed E-state index contributed by atoms with van der Waals surface area (Å²) in [5.74, 6) is 0.846. The number of anilines is 1. The van der Waals surface area contributed by atoms with Gasteiger partial charge >= 0.3 is 0 Å². The van der Waals surface area contributed by atoms with Gasteiger partial charge in [0.15, 0.2) is 3.95 Å². The van der Waals surface area contributed by atoms with Crippen LogP contribution in [0.4, 0.5) is 5.13 Å². The van der Waals surface area contributed by atoms with Gasteiger partial charge in [0.2, 0.25) is 11.0 Å². The zero-order valence-corrected chi connectivity index (χ0v) is 17.6. The highest BCUT2D eigenvalue weighted by Gasteiger charge is 2.34. The van der Waals surface area contributed by atoms with E-state index in [-0.39, 0.29) is 5.91 Å². The van der Waals surface area contributed by atoms with E-state index in [1.807, 2.05) is 9.58 Å². The standard InChI is InChI=1S/C18H29N5O2S2/c1-14(24)23(16-2-3-16)17-19-22(18(26)27-17)13-21-6-4-15(5-7-21)12-20-8-10-25-11-9-20/h15-16H,2-13H2,1H3. The van der Waals surface area contributed by atoms with Crippen molar-refractivity contribution < 1.29 is 9.53 Å². The molecule has 1 aromatic heterocycles. The first kappa shape index (κ1) is 19.4. The largest absolute Gasteiger partial charge is 0.379 e. The van der Waals surface area contributed by atoms with Crippen molar-refractivity contribution >= 4 is 34.6 Å². The average Bonchev–Trinajstić information content (AvgIpc) is 3.41. The molecule has 0 radical (unpaired) electrons. The third kappa shape index (κ3) is 4.95. The number of aromatic nitrogens is 2. The molecule has 2 saturated heterocycles. The lowest BCUT2D eigenvalue weighted by molar-refractivity contribution is -0.116. The molecule has 1 saturated carbocycles. The highest BCUT2D eigenvalue weighted by molar-refractivity contribution is 7.73. The molecule has 0 aromatic carbocycles. The molecule has 0 N–H and O–H groups in total. The lowest BCUT2D eigenvalue weighted by atomic mass is 9.96. The summed E-state index contributed by atoms with van der Waals surface area (Å²) in [5.41, 5.74) is 0. The van der Waals surface area contributed by atoms with Crippen LogP contribution in [0.15, 0.2) is 0 Å². The van der Waals surface area contributed by atoms with Gasteiger partial charge in [-0.15, -0.1) is 5.10 Å². The molecule has 1 aliphatic carbocycles. The second-order valence-electron chi connectivity index (χ2n) is 7.89. The van der Waals surface area contributed by atoms with E-state index < -0.39 is 0 Å². The number of hydrogen-bond acceptors (Lipinski definition) is 7. The number of amides is 1. The maximum absolute atomic E-state index is 12.0. The van der Waals surface area contributed by atoms with Gasteiger partial charge in [0, 0.05) is 45.7 Å². The number of carbonyl (C=O) groups excluding carboxylic acids is 1. The third-order valence-corrected chi connectivity index (χ3v) is 7.02. The van der Waals surface area contributed by atoms with Gasteiger partial charge in [-0.25, -0.2) is 4.68 Å². The lowest BCUT2D eigenvalue weighted by Crippen LogP contribution is -2.43. The van der Waals surface area contributed by atoms with Crippen molar-refractivity contribution in [3.8, 4) is 0 Å². The van der Waals surface area contributed by atoms with Crippen LogP contribution in [-0.2, 0) is 16.2 Å². The van der Waals surface area contributed by atoms with E-state index in [0.29, 0.717) is 6.04 Å². The molecule has 0 unspecified atom stereocenters. The van der Waals surface area contributed by atoms with Crippen LogP contribution in [0, 0.1) is 9.87 Å². The number of nitrogens with zero attached hydrogens (tertiary/aromatic N) is 5. The van der Waals surface area contributed by atoms with Crippen LogP contribution in [0.3, 0.4) is 0 Å². The van der Waals surface area contributed by atoms with Crippen molar-refractivity contribution in [2.75, 3.05) is 50.8 Å². The molecular weight excluding hydrogens is 382 g/mol. The van der Waals surface area contributed by atoms with Gasteiger partial charge in [-0.1, -0.05) is 11.3 Å². The second kappa shape index (κ2) is 8.65. The van der Waals surface area contributed by atoms with Gasteiger partial charge in [0.1, 0.15) is 0 Å². The highest BCUT2D eigenvalue weighted by Crippen LogP contribution is 2.33. The summed E-state index contributed by atoms with van der Waals surface area (Å²) in [6.07, 6.45) is 4.60. The Labute approximate surface area is 169 Å². The minimum absolute atomic E-state index is 0.0670. The van der Waals surface area contributed by atoms with E-state index in [1.165, 1.54) is 30.7 Å². The van der Waals surface area contributed by atoms with E-state index in [0.717, 1.165) is 73.9 Å². The second-order valence-corrected chi connectivity index (χ2v) is 9.49. The van der Waals surface area contributed by atoms with Crippen LogP contribution in [0.5, 0.6) is 0 Å². The summed E-state index contributed by atoms with van der Waals surface area (Å²) in [7, 11) is 0. The quantitative estimate of drug-likeness (QED) is 0.669. The monoisotopic (exact) mass is 411 g/mol. The van der Waals surface area contributed by atoms with Crippen LogP contribution in [-0.4, -0.2) is 77.5 Å². The molecule has 9 heteroatoms. The number of rotatable bonds is 6. The molecular formula is C18H29N5O2S2. The highest BCUT2D eigenvalue weighted by atomic mass is 32.1. The first-order chi connectivity index (χ1) is 13.1. The minimum atomic E-state index is 0.0670. The van der Waals surface area contributed by atoms with Crippen LogP contribution < -0.4 is 4.90 Å². The SMILES string of the molecule is CC(=O)N(c1nn(CN2CCC(CN3CCOCC3)CC2)c(=S)s1)C1CC1. The van der Waals surface area contributed by atoms with Crippen molar-refractivity contribution in [3.05, 3.63) is 3.95 Å². The van der Waals surface area contributed by atoms with E-state index in [9.17, 15) is 4.79 Å². The molecule has 150 valence electrons. The van der Waals surface area contributed by atoms with Gasteiger partial charge in [0.05, 0.1) is 19.9 Å². The smallest absolute Gasteiger partial charge is 0.225 e. The maximum Gasteiger partial charge on any atom is 0.225 e. The molecule has 4 rings (SSSR count). The van der Waals surface area contributed by atoms with Crippen molar-refractivity contribution in [2.24, 2.45) is 5.92 Å². The van der Waals surface area contributed by atoms with Gasteiger partial charge in [-0.2, -0.15) is 0 Å². The summed E-state index contributed by atoms with van der Waals surface area (Å²) in [6, 6.07) is 0.326. The number of ether oxygens (including phenoxy) is 1. The van der Waals surface area contributed by atoms with Crippen molar-refractivity contribution in [1.82, 2.24) is 19.6 Å². The van der Waals surface area contributed by atoms with E-state index in [1.54, 1.807) is 6.92 Å². The Morgan fingerprint density at radius 2 is 1.89 bits per heavy atom. The van der Waals surface area contributed by atoms with E-state index in [2.05, 4.69) is 14.9 Å². The number of morpholine rings is 1. The van der Waals surface area contributed by atoms with Crippen LogP contribution in [0.1, 0.15) is 32.6 Å². The fraction of sp³-hybridized carbons (Fsp3) is 0.833. The Bertz CT molecular complexity index is 703. The van der Waals surface area contributed by atoms with Crippen LogP contribution in [0.25, 0.3) is 0 Å². The van der Waals surface area contributed by atoms with E-state index in [4.69, 9.17) is 17.0 Å². The summed E-state index contributed by atoms with van der Waals surface area (Å²) in [6.45, 7) is 9.62. The Kier molecular flexibility index (Phi) is 6.23. The molecule has 3 heterocycles. The Morgan fingerprint density at radius 3 is 2.52 bits per heavy atom. The first-order valence-corrected chi connectivity index (χ1v) is 11.2. The number of likely N-dealkylation sites (tertiary alicyclic amines) is 1. The van der Waals surface area contributed by atoms with Crippen LogP contribution >= 0.6 is 23.6 Å². The van der Waals surface area contributed by atoms with Crippen molar-refractivity contribution in [1.29, 1.82) is 0 Å². The van der Waals surface area contributed by atoms with Gasteiger partial charge < -0.3 is 4.74 Å². The maximum atomic E-state index is 12.0. The van der Waals surface area contributed by atoms with Crippen LogP contribution in [0.2, 0.25) is 0 Å². The zero-order chi connectivity index (χ0) is 18.8. The van der Waals surface area contributed by atoms with Gasteiger partial charge in [-0.3, -0.25) is 19.5 Å². The fourth-order valence-electron chi connectivity index (χ4n) is 4.01. The molecule has 0 spiro atoms. The molecule has 7 nitrogen and oxygen atoms in total. The fourth-order valence-corrected chi connectivity index (χ4v) is 5.21. The van der Waals surface area contributed by atoms with Crippen molar-refractivity contribution in [2.45, 2.75) is 45.3 Å². The molecule has 1 amide bonds. The predicted molar refractivity (Wildman–Crippen MR) is 109 cm³/mol. The Balaban J connectivity index is 1.30. The molecule has 3 aliphatic rings. The molecule has 0 atom stereocenters. The number of carbonyl (C=O) groups is 1. The number of hydrogen-bond donors (Lipinski definition) is 0.